The number of carbonyl (C=O) groups is 1. The van der Waals surface area contributed by atoms with Gasteiger partial charge in [-0.3, -0.25) is 4.79 Å². The van der Waals surface area contributed by atoms with Crippen LogP contribution >= 0.6 is 0 Å². The molecule has 1 aliphatic rings. The highest BCUT2D eigenvalue weighted by Gasteiger charge is 2.37. The van der Waals surface area contributed by atoms with Crippen molar-refractivity contribution in [2.24, 2.45) is 5.73 Å². The number of primary amides is 1. The summed E-state index contributed by atoms with van der Waals surface area (Å²) in [5.41, 5.74) is 4.89. The van der Waals surface area contributed by atoms with Crippen molar-refractivity contribution in [3.05, 3.63) is 0 Å². The standard InChI is InChI=1S/C9H19N3O/c1-7(2)12-9(8(10)13)4-3-5-11-6-9/h7,11-12H,3-6H2,1-2H3,(H2,10,13). The lowest BCUT2D eigenvalue weighted by Gasteiger charge is -2.37. The van der Waals surface area contributed by atoms with Crippen LogP contribution in [-0.2, 0) is 4.79 Å². The zero-order valence-corrected chi connectivity index (χ0v) is 8.39. The van der Waals surface area contributed by atoms with E-state index in [1.54, 1.807) is 0 Å². The molecular formula is C9H19N3O. The second-order valence-electron chi connectivity index (χ2n) is 4.03. The van der Waals surface area contributed by atoms with Crippen LogP contribution in [0.2, 0.25) is 0 Å². The smallest absolute Gasteiger partial charge is 0.239 e. The molecule has 1 fully saturated rings. The van der Waals surface area contributed by atoms with Crippen LogP contribution in [0.15, 0.2) is 0 Å². The largest absolute Gasteiger partial charge is 0.368 e. The number of nitrogens with one attached hydrogen (secondary N) is 2. The van der Waals surface area contributed by atoms with Crippen molar-refractivity contribution in [2.45, 2.75) is 38.3 Å². The van der Waals surface area contributed by atoms with Gasteiger partial charge in [-0.2, -0.15) is 0 Å². The lowest BCUT2D eigenvalue weighted by Crippen LogP contribution is -2.64. The molecule has 1 rings (SSSR count). The van der Waals surface area contributed by atoms with Crippen LogP contribution in [0, 0.1) is 0 Å². The average molecular weight is 185 g/mol. The SMILES string of the molecule is CC(C)NC1(C(N)=O)CCCNC1. The molecular weight excluding hydrogens is 166 g/mol. The van der Waals surface area contributed by atoms with Crippen LogP contribution in [0.1, 0.15) is 26.7 Å². The molecule has 0 aliphatic carbocycles. The molecule has 4 N–H and O–H groups in total. The number of hydrogen-bond acceptors (Lipinski definition) is 3. The van der Waals surface area contributed by atoms with Crippen LogP contribution < -0.4 is 16.4 Å². The predicted octanol–water partition coefficient (Wildman–Crippen LogP) is -0.408. The first kappa shape index (κ1) is 10.5. The van der Waals surface area contributed by atoms with E-state index in [4.69, 9.17) is 5.73 Å². The summed E-state index contributed by atoms with van der Waals surface area (Å²) in [5.74, 6) is -0.242. The minimum Gasteiger partial charge on any atom is -0.368 e. The van der Waals surface area contributed by atoms with E-state index in [0.29, 0.717) is 6.54 Å². The minimum absolute atomic E-state index is 0.242. The highest BCUT2D eigenvalue weighted by molar-refractivity contribution is 5.85. The van der Waals surface area contributed by atoms with E-state index in [9.17, 15) is 4.79 Å². The molecule has 0 aromatic rings. The fourth-order valence-electron chi connectivity index (χ4n) is 1.86. The maximum atomic E-state index is 11.3. The Labute approximate surface area is 79.3 Å². The van der Waals surface area contributed by atoms with E-state index in [2.05, 4.69) is 10.6 Å². The number of amides is 1. The summed E-state index contributed by atoms with van der Waals surface area (Å²) in [6, 6.07) is 0.285. The van der Waals surface area contributed by atoms with Crippen molar-refractivity contribution in [3.8, 4) is 0 Å². The van der Waals surface area contributed by atoms with Gasteiger partial charge in [0.05, 0.1) is 0 Å². The monoisotopic (exact) mass is 185 g/mol. The Bertz CT molecular complexity index is 185. The zero-order valence-electron chi connectivity index (χ0n) is 8.39. The van der Waals surface area contributed by atoms with E-state index in [1.807, 2.05) is 13.8 Å². The summed E-state index contributed by atoms with van der Waals surface area (Å²) in [5, 5.41) is 6.46. The number of piperidine rings is 1. The van der Waals surface area contributed by atoms with Gasteiger partial charge in [0.25, 0.3) is 0 Å². The number of nitrogens with two attached hydrogens (primary N) is 1. The Hall–Kier alpha value is -0.610. The molecule has 0 saturated carbocycles. The summed E-state index contributed by atoms with van der Waals surface area (Å²) < 4.78 is 0. The number of hydrogen-bond donors (Lipinski definition) is 3. The van der Waals surface area contributed by atoms with Crippen LogP contribution in [0.5, 0.6) is 0 Å². The van der Waals surface area contributed by atoms with Crippen LogP contribution in [0.3, 0.4) is 0 Å². The molecule has 4 heteroatoms. The quantitative estimate of drug-likeness (QED) is 0.560. The van der Waals surface area contributed by atoms with Crippen LogP contribution in [0.4, 0.5) is 0 Å². The van der Waals surface area contributed by atoms with E-state index in [-0.39, 0.29) is 11.9 Å². The first-order valence-corrected chi connectivity index (χ1v) is 4.85. The third-order valence-corrected chi connectivity index (χ3v) is 2.42. The molecule has 13 heavy (non-hydrogen) atoms. The van der Waals surface area contributed by atoms with Gasteiger partial charge >= 0.3 is 0 Å². The topological polar surface area (TPSA) is 67.1 Å². The van der Waals surface area contributed by atoms with Crippen molar-refractivity contribution in [1.82, 2.24) is 10.6 Å². The molecule has 1 amide bonds. The Kier molecular flexibility index (Phi) is 3.27. The summed E-state index contributed by atoms with van der Waals surface area (Å²) in [6.45, 7) is 5.69. The predicted molar refractivity (Wildman–Crippen MR) is 52.3 cm³/mol. The van der Waals surface area contributed by atoms with Crippen molar-refractivity contribution >= 4 is 5.91 Å². The molecule has 4 nitrogen and oxygen atoms in total. The van der Waals surface area contributed by atoms with Gasteiger partial charge in [0.15, 0.2) is 0 Å². The Morgan fingerprint density at radius 1 is 1.62 bits per heavy atom. The summed E-state index contributed by atoms with van der Waals surface area (Å²) in [7, 11) is 0. The zero-order chi connectivity index (χ0) is 9.90. The normalized spacial score (nSPS) is 29.2. The average Bonchev–Trinajstić information content (AvgIpc) is 2.04. The van der Waals surface area contributed by atoms with Crippen LogP contribution in [0.25, 0.3) is 0 Å². The van der Waals surface area contributed by atoms with Crippen molar-refractivity contribution < 1.29 is 4.79 Å². The summed E-state index contributed by atoms with van der Waals surface area (Å²) >= 11 is 0. The highest BCUT2D eigenvalue weighted by Crippen LogP contribution is 2.16. The van der Waals surface area contributed by atoms with E-state index >= 15 is 0 Å². The molecule has 0 spiro atoms. The Morgan fingerprint density at radius 3 is 2.69 bits per heavy atom. The van der Waals surface area contributed by atoms with E-state index in [1.165, 1.54) is 0 Å². The third-order valence-electron chi connectivity index (χ3n) is 2.42. The third kappa shape index (κ3) is 2.42. The summed E-state index contributed by atoms with van der Waals surface area (Å²) in [6.07, 6.45) is 1.84. The first-order valence-electron chi connectivity index (χ1n) is 4.85. The van der Waals surface area contributed by atoms with Gasteiger partial charge in [-0.25, -0.2) is 0 Å². The van der Waals surface area contributed by atoms with Gasteiger partial charge < -0.3 is 16.4 Å². The fourth-order valence-corrected chi connectivity index (χ4v) is 1.86. The first-order chi connectivity index (χ1) is 6.07. The minimum atomic E-state index is -0.521. The van der Waals surface area contributed by atoms with E-state index in [0.717, 1.165) is 19.4 Å². The summed E-state index contributed by atoms with van der Waals surface area (Å²) in [4.78, 5) is 11.3. The van der Waals surface area contributed by atoms with Gasteiger partial charge in [0.2, 0.25) is 5.91 Å². The fraction of sp³-hybridized carbons (Fsp3) is 0.889. The molecule has 1 heterocycles. The molecule has 1 unspecified atom stereocenters. The Morgan fingerprint density at radius 2 is 2.31 bits per heavy atom. The molecule has 1 atom stereocenters. The van der Waals surface area contributed by atoms with E-state index < -0.39 is 5.54 Å². The molecule has 0 aromatic heterocycles. The molecule has 0 radical (unpaired) electrons. The second kappa shape index (κ2) is 4.07. The lowest BCUT2D eigenvalue weighted by atomic mass is 9.88. The van der Waals surface area contributed by atoms with Crippen molar-refractivity contribution in [2.75, 3.05) is 13.1 Å². The number of rotatable bonds is 3. The molecule has 0 bridgehead atoms. The van der Waals surface area contributed by atoms with Gasteiger partial charge in [-0.05, 0) is 33.2 Å². The van der Waals surface area contributed by atoms with Crippen molar-refractivity contribution in [3.63, 3.8) is 0 Å². The lowest BCUT2D eigenvalue weighted by molar-refractivity contribution is -0.125. The molecule has 1 aliphatic heterocycles. The highest BCUT2D eigenvalue weighted by atomic mass is 16.1. The van der Waals surface area contributed by atoms with Gasteiger partial charge in [0, 0.05) is 12.6 Å². The van der Waals surface area contributed by atoms with Crippen molar-refractivity contribution in [1.29, 1.82) is 0 Å². The van der Waals surface area contributed by atoms with Gasteiger partial charge in [0.1, 0.15) is 5.54 Å². The second-order valence-corrected chi connectivity index (χ2v) is 4.03. The molecule has 76 valence electrons. The van der Waals surface area contributed by atoms with Gasteiger partial charge in [-0.1, -0.05) is 0 Å². The molecule has 0 aromatic carbocycles. The Balaban J connectivity index is 2.67. The van der Waals surface area contributed by atoms with Gasteiger partial charge in [-0.15, -0.1) is 0 Å². The van der Waals surface area contributed by atoms with Crippen LogP contribution in [-0.4, -0.2) is 30.6 Å². The maximum Gasteiger partial charge on any atom is 0.239 e. The maximum absolute atomic E-state index is 11.3. The molecule has 1 saturated heterocycles. The number of carbonyl (C=O) groups excluding carboxylic acids is 1.